The molecule has 100 valence electrons. The Labute approximate surface area is 113 Å². The molecule has 0 atom stereocenters. The van der Waals surface area contributed by atoms with Gasteiger partial charge in [0, 0.05) is 11.5 Å². The van der Waals surface area contributed by atoms with Crippen LogP contribution in [-0.2, 0) is 14.8 Å². The lowest BCUT2D eigenvalue weighted by molar-refractivity contribution is -0.116. The molecule has 1 N–H and O–H groups in total. The van der Waals surface area contributed by atoms with Gasteiger partial charge >= 0.3 is 0 Å². The van der Waals surface area contributed by atoms with Gasteiger partial charge in [-0.05, 0) is 18.2 Å². The summed E-state index contributed by atoms with van der Waals surface area (Å²) >= 11 is 3.09. The van der Waals surface area contributed by atoms with Crippen molar-refractivity contribution in [3.63, 3.8) is 0 Å². The van der Waals surface area contributed by atoms with Crippen molar-refractivity contribution in [2.75, 3.05) is 25.2 Å². The van der Waals surface area contributed by atoms with Crippen molar-refractivity contribution in [2.24, 2.45) is 0 Å². The van der Waals surface area contributed by atoms with Crippen molar-refractivity contribution in [1.82, 2.24) is 4.31 Å². The number of amides is 1. The summed E-state index contributed by atoms with van der Waals surface area (Å²) in [5, 5.41) is 2.30. The summed E-state index contributed by atoms with van der Waals surface area (Å²) in [7, 11) is -2.17. The van der Waals surface area contributed by atoms with Crippen LogP contribution in [0.5, 0.6) is 0 Å². The number of nitrogens with zero attached hydrogens (tertiary/aromatic N) is 1. The first-order valence-corrected chi connectivity index (χ1v) is 7.50. The zero-order valence-electron chi connectivity index (χ0n) is 9.78. The van der Waals surface area contributed by atoms with Gasteiger partial charge in [-0.3, -0.25) is 4.79 Å². The SMILES string of the molecule is CN(CC(=O)Nc1ccc(Br)cc1F)S(C)(=O)=O. The predicted octanol–water partition coefficient (Wildman–Crippen LogP) is 1.42. The predicted molar refractivity (Wildman–Crippen MR) is 70.2 cm³/mol. The molecular formula is C10H12BrFN2O3S. The molecule has 1 amide bonds. The van der Waals surface area contributed by atoms with Gasteiger partial charge in [0.15, 0.2) is 0 Å². The zero-order valence-corrected chi connectivity index (χ0v) is 12.2. The van der Waals surface area contributed by atoms with Crippen molar-refractivity contribution in [3.05, 3.63) is 28.5 Å². The maximum atomic E-state index is 13.4. The van der Waals surface area contributed by atoms with E-state index in [0.717, 1.165) is 10.6 Å². The third-order valence-corrected chi connectivity index (χ3v) is 3.89. The van der Waals surface area contributed by atoms with Gasteiger partial charge < -0.3 is 5.32 Å². The number of carbonyl (C=O) groups excluding carboxylic acids is 1. The molecule has 0 spiro atoms. The lowest BCUT2D eigenvalue weighted by Gasteiger charge is -2.14. The van der Waals surface area contributed by atoms with Crippen LogP contribution in [0.3, 0.4) is 0 Å². The van der Waals surface area contributed by atoms with Crippen molar-refractivity contribution in [3.8, 4) is 0 Å². The molecule has 8 heteroatoms. The number of nitrogens with one attached hydrogen (secondary N) is 1. The molecule has 0 radical (unpaired) electrons. The maximum absolute atomic E-state index is 13.4. The fraction of sp³-hybridized carbons (Fsp3) is 0.300. The minimum atomic E-state index is -3.44. The third-order valence-electron chi connectivity index (χ3n) is 2.14. The fourth-order valence-electron chi connectivity index (χ4n) is 1.10. The monoisotopic (exact) mass is 338 g/mol. The Balaban J connectivity index is 2.71. The molecule has 0 heterocycles. The average Bonchev–Trinajstić information content (AvgIpc) is 2.20. The summed E-state index contributed by atoms with van der Waals surface area (Å²) in [6.45, 7) is -0.367. The summed E-state index contributed by atoms with van der Waals surface area (Å²) < 4.78 is 37.0. The minimum absolute atomic E-state index is 0.00472. The van der Waals surface area contributed by atoms with Gasteiger partial charge in [-0.2, -0.15) is 4.31 Å². The van der Waals surface area contributed by atoms with Gasteiger partial charge in [-0.25, -0.2) is 12.8 Å². The van der Waals surface area contributed by atoms with Crippen LogP contribution in [0, 0.1) is 5.82 Å². The van der Waals surface area contributed by atoms with Gasteiger partial charge in [-0.1, -0.05) is 15.9 Å². The number of sulfonamides is 1. The number of anilines is 1. The normalized spacial score (nSPS) is 11.6. The summed E-state index contributed by atoms with van der Waals surface area (Å²) in [5.74, 6) is -1.20. The number of rotatable bonds is 4. The van der Waals surface area contributed by atoms with Crippen LogP contribution in [0.2, 0.25) is 0 Å². The number of hydrogen-bond donors (Lipinski definition) is 1. The van der Waals surface area contributed by atoms with E-state index in [0.29, 0.717) is 4.47 Å². The Morgan fingerprint density at radius 3 is 2.61 bits per heavy atom. The first-order chi connectivity index (χ1) is 8.20. The number of hydrogen-bond acceptors (Lipinski definition) is 3. The molecule has 0 bridgehead atoms. The Morgan fingerprint density at radius 1 is 1.50 bits per heavy atom. The Bertz CT molecular complexity index is 562. The van der Waals surface area contributed by atoms with E-state index in [1.165, 1.54) is 19.2 Å². The lowest BCUT2D eigenvalue weighted by Crippen LogP contribution is -2.34. The molecule has 18 heavy (non-hydrogen) atoms. The number of benzene rings is 1. The molecular weight excluding hydrogens is 327 g/mol. The number of halogens is 2. The Kier molecular flexibility index (Phi) is 4.83. The molecule has 0 aliphatic heterocycles. The highest BCUT2D eigenvalue weighted by Gasteiger charge is 2.16. The highest BCUT2D eigenvalue weighted by Crippen LogP contribution is 2.19. The first-order valence-electron chi connectivity index (χ1n) is 4.86. The number of carbonyl (C=O) groups is 1. The molecule has 1 rings (SSSR count). The molecule has 0 aromatic heterocycles. The van der Waals surface area contributed by atoms with Crippen molar-refractivity contribution < 1.29 is 17.6 Å². The molecule has 5 nitrogen and oxygen atoms in total. The zero-order chi connectivity index (χ0) is 13.9. The van der Waals surface area contributed by atoms with E-state index in [4.69, 9.17) is 0 Å². The lowest BCUT2D eigenvalue weighted by atomic mass is 10.3. The second-order valence-corrected chi connectivity index (χ2v) is 6.70. The second-order valence-electron chi connectivity index (χ2n) is 3.69. The molecule has 0 saturated carbocycles. The summed E-state index contributed by atoms with van der Waals surface area (Å²) in [6.07, 6.45) is 0.987. The average molecular weight is 339 g/mol. The van der Waals surface area contributed by atoms with E-state index < -0.39 is 21.7 Å². The third kappa shape index (κ3) is 4.35. The van der Waals surface area contributed by atoms with E-state index >= 15 is 0 Å². The topological polar surface area (TPSA) is 66.5 Å². The van der Waals surface area contributed by atoms with Gasteiger partial charge in [0.25, 0.3) is 0 Å². The fourth-order valence-corrected chi connectivity index (χ4v) is 1.78. The molecule has 1 aromatic rings. The van der Waals surface area contributed by atoms with Crippen LogP contribution in [0.15, 0.2) is 22.7 Å². The first kappa shape index (κ1) is 15.1. The van der Waals surface area contributed by atoms with Crippen LogP contribution in [0.4, 0.5) is 10.1 Å². The molecule has 1 aromatic carbocycles. The highest BCUT2D eigenvalue weighted by molar-refractivity contribution is 9.10. The standard InChI is InChI=1S/C10H12BrFN2O3S/c1-14(18(2,16)17)6-10(15)13-9-4-3-7(11)5-8(9)12/h3-5H,6H2,1-2H3,(H,13,15). The van der Waals surface area contributed by atoms with Gasteiger partial charge in [0.1, 0.15) is 5.82 Å². The van der Waals surface area contributed by atoms with Crippen LogP contribution < -0.4 is 5.32 Å². The highest BCUT2D eigenvalue weighted by atomic mass is 79.9. The van der Waals surface area contributed by atoms with Crippen LogP contribution in [0.1, 0.15) is 0 Å². The molecule has 0 unspecified atom stereocenters. The summed E-state index contributed by atoms with van der Waals surface area (Å²) in [4.78, 5) is 11.5. The van der Waals surface area contributed by atoms with E-state index in [1.54, 1.807) is 6.07 Å². The van der Waals surface area contributed by atoms with Crippen LogP contribution in [-0.4, -0.2) is 38.5 Å². The summed E-state index contributed by atoms with van der Waals surface area (Å²) in [5.41, 5.74) is 0.00472. The molecule has 0 saturated heterocycles. The smallest absolute Gasteiger partial charge is 0.239 e. The number of likely N-dealkylation sites (N-methyl/N-ethyl adjacent to an activating group) is 1. The van der Waals surface area contributed by atoms with Crippen LogP contribution in [0.25, 0.3) is 0 Å². The Morgan fingerprint density at radius 2 is 2.11 bits per heavy atom. The van der Waals surface area contributed by atoms with Crippen molar-refractivity contribution in [2.45, 2.75) is 0 Å². The largest absolute Gasteiger partial charge is 0.322 e. The second kappa shape index (κ2) is 5.77. The van der Waals surface area contributed by atoms with Gasteiger partial charge in [-0.15, -0.1) is 0 Å². The molecule has 0 aliphatic rings. The van der Waals surface area contributed by atoms with Crippen LogP contribution >= 0.6 is 15.9 Å². The molecule has 0 fully saturated rings. The van der Waals surface area contributed by atoms with Gasteiger partial charge in [0.05, 0.1) is 18.5 Å². The van der Waals surface area contributed by atoms with E-state index in [2.05, 4.69) is 21.2 Å². The Hall–Kier alpha value is -0.990. The quantitative estimate of drug-likeness (QED) is 0.902. The van der Waals surface area contributed by atoms with Crippen molar-refractivity contribution in [1.29, 1.82) is 0 Å². The molecule has 0 aliphatic carbocycles. The van der Waals surface area contributed by atoms with E-state index in [9.17, 15) is 17.6 Å². The minimum Gasteiger partial charge on any atom is -0.322 e. The maximum Gasteiger partial charge on any atom is 0.239 e. The van der Waals surface area contributed by atoms with E-state index in [-0.39, 0.29) is 12.2 Å². The van der Waals surface area contributed by atoms with Crippen molar-refractivity contribution >= 4 is 37.5 Å². The van der Waals surface area contributed by atoms with E-state index in [1.807, 2.05) is 0 Å². The van der Waals surface area contributed by atoms with Gasteiger partial charge in [0.2, 0.25) is 15.9 Å². The summed E-state index contributed by atoms with van der Waals surface area (Å²) in [6, 6.07) is 4.16.